The monoisotopic (exact) mass is 351 g/mol. The van der Waals surface area contributed by atoms with Crippen LogP contribution in [0.2, 0.25) is 0 Å². The molecular formula is C22H25NO3. The van der Waals surface area contributed by atoms with Gasteiger partial charge in [0.1, 0.15) is 0 Å². The van der Waals surface area contributed by atoms with Crippen LogP contribution in [0.3, 0.4) is 0 Å². The molecule has 2 aromatic rings. The first-order valence-corrected chi connectivity index (χ1v) is 9.17. The number of hydrogen-bond acceptors (Lipinski definition) is 2. The van der Waals surface area contributed by atoms with Gasteiger partial charge in [-0.2, -0.15) is 0 Å². The summed E-state index contributed by atoms with van der Waals surface area (Å²) in [5.74, 6) is -1.40. The zero-order valence-corrected chi connectivity index (χ0v) is 15.0. The molecule has 4 heteroatoms. The number of carbonyl (C=O) groups excluding carboxylic acids is 1. The van der Waals surface area contributed by atoms with Crippen LogP contribution >= 0.6 is 0 Å². The molecular weight excluding hydrogens is 326 g/mol. The van der Waals surface area contributed by atoms with Gasteiger partial charge in [-0.25, -0.2) is 0 Å². The van der Waals surface area contributed by atoms with Crippen molar-refractivity contribution in [1.82, 2.24) is 4.90 Å². The van der Waals surface area contributed by atoms with Crippen LogP contribution in [0.1, 0.15) is 24.5 Å². The van der Waals surface area contributed by atoms with Gasteiger partial charge in [-0.15, -0.1) is 0 Å². The Balaban J connectivity index is 1.80. The Morgan fingerprint density at radius 1 is 1.00 bits per heavy atom. The number of carbonyl (C=O) groups is 2. The Hall–Kier alpha value is -2.62. The van der Waals surface area contributed by atoms with Gasteiger partial charge >= 0.3 is 5.97 Å². The number of nitrogens with zero attached hydrogens (tertiary/aromatic N) is 1. The number of likely N-dealkylation sites (tertiary alicyclic amines) is 1. The molecule has 0 spiro atoms. The zero-order chi connectivity index (χ0) is 18.5. The molecule has 0 saturated carbocycles. The van der Waals surface area contributed by atoms with Crippen molar-refractivity contribution in [2.24, 2.45) is 11.8 Å². The van der Waals surface area contributed by atoms with E-state index in [1.807, 2.05) is 67.6 Å². The summed E-state index contributed by atoms with van der Waals surface area (Å²) >= 11 is 0. The highest BCUT2D eigenvalue weighted by Crippen LogP contribution is 2.28. The third-order valence-corrected chi connectivity index (χ3v) is 5.35. The molecule has 3 rings (SSSR count). The number of carboxylic acids is 1. The number of hydrogen-bond donors (Lipinski definition) is 1. The van der Waals surface area contributed by atoms with Crippen LogP contribution in [0.15, 0.2) is 60.7 Å². The maximum Gasteiger partial charge on any atom is 0.308 e. The second-order valence-corrected chi connectivity index (χ2v) is 7.08. The van der Waals surface area contributed by atoms with E-state index >= 15 is 0 Å². The van der Waals surface area contributed by atoms with Crippen LogP contribution in [-0.4, -0.2) is 34.5 Å². The zero-order valence-electron chi connectivity index (χ0n) is 15.0. The van der Waals surface area contributed by atoms with Crippen molar-refractivity contribution in [3.63, 3.8) is 0 Å². The highest BCUT2D eigenvalue weighted by Gasteiger charge is 2.40. The van der Waals surface area contributed by atoms with Crippen LogP contribution in [0, 0.1) is 11.8 Å². The fourth-order valence-corrected chi connectivity index (χ4v) is 3.86. The smallest absolute Gasteiger partial charge is 0.308 e. The fourth-order valence-electron chi connectivity index (χ4n) is 3.86. The summed E-state index contributed by atoms with van der Waals surface area (Å²) in [4.78, 5) is 26.4. The van der Waals surface area contributed by atoms with Gasteiger partial charge in [-0.1, -0.05) is 60.7 Å². The van der Waals surface area contributed by atoms with Crippen LogP contribution < -0.4 is 0 Å². The number of rotatable bonds is 6. The van der Waals surface area contributed by atoms with Gasteiger partial charge in [-0.05, 0) is 37.3 Å². The summed E-state index contributed by atoms with van der Waals surface area (Å²) in [5, 5.41) is 9.35. The van der Waals surface area contributed by atoms with Crippen molar-refractivity contribution in [3.05, 3.63) is 71.8 Å². The highest BCUT2D eigenvalue weighted by atomic mass is 16.4. The lowest BCUT2D eigenvalue weighted by atomic mass is 9.91. The largest absolute Gasteiger partial charge is 0.481 e. The summed E-state index contributed by atoms with van der Waals surface area (Å²) in [7, 11) is 0. The molecule has 4 nitrogen and oxygen atoms in total. The summed E-state index contributed by atoms with van der Waals surface area (Å²) < 4.78 is 0. The van der Waals surface area contributed by atoms with E-state index in [0.717, 1.165) is 11.1 Å². The van der Waals surface area contributed by atoms with E-state index in [9.17, 15) is 14.7 Å². The summed E-state index contributed by atoms with van der Waals surface area (Å²) in [6.07, 6.45) is 1.86. The lowest BCUT2D eigenvalue weighted by molar-refractivity contribution is -0.143. The minimum absolute atomic E-state index is 0.0638. The van der Waals surface area contributed by atoms with Crippen molar-refractivity contribution in [2.75, 3.05) is 6.54 Å². The molecule has 26 heavy (non-hydrogen) atoms. The Morgan fingerprint density at radius 2 is 1.50 bits per heavy atom. The summed E-state index contributed by atoms with van der Waals surface area (Å²) in [6.45, 7) is 2.38. The summed E-state index contributed by atoms with van der Waals surface area (Å²) in [5.41, 5.74) is 2.26. The highest BCUT2D eigenvalue weighted by molar-refractivity contribution is 5.82. The van der Waals surface area contributed by atoms with E-state index in [4.69, 9.17) is 0 Å². The van der Waals surface area contributed by atoms with Crippen molar-refractivity contribution in [2.45, 2.75) is 32.2 Å². The molecule has 0 bridgehead atoms. The lowest BCUT2D eigenvalue weighted by Crippen LogP contribution is -2.42. The van der Waals surface area contributed by atoms with Crippen LogP contribution in [-0.2, 0) is 22.4 Å². The van der Waals surface area contributed by atoms with Gasteiger partial charge in [0.2, 0.25) is 5.91 Å². The molecule has 0 radical (unpaired) electrons. The Kier molecular flexibility index (Phi) is 5.71. The average Bonchev–Trinajstić information content (AvgIpc) is 3.04. The molecule has 0 aliphatic carbocycles. The minimum atomic E-state index is -0.810. The molecule has 2 unspecified atom stereocenters. The average molecular weight is 351 g/mol. The molecule has 2 aromatic carbocycles. The van der Waals surface area contributed by atoms with Crippen LogP contribution in [0.4, 0.5) is 0 Å². The van der Waals surface area contributed by atoms with Gasteiger partial charge in [0.25, 0.3) is 0 Å². The van der Waals surface area contributed by atoms with Gasteiger partial charge in [0, 0.05) is 18.5 Å². The SMILES string of the molecule is CC1C(C(=O)O)CCN1C(=O)C(Cc1ccccc1)Cc1ccccc1. The standard InChI is InChI=1S/C22H25NO3/c1-16-20(22(25)26)12-13-23(16)21(24)19(14-17-8-4-2-5-9-17)15-18-10-6-3-7-11-18/h2-11,16,19-20H,12-15H2,1H3,(H,25,26). The van der Waals surface area contributed by atoms with Gasteiger partial charge in [0.05, 0.1) is 5.92 Å². The molecule has 1 N–H and O–H groups in total. The van der Waals surface area contributed by atoms with Crippen LogP contribution in [0.5, 0.6) is 0 Å². The Labute approximate surface area is 154 Å². The molecule has 1 fully saturated rings. The molecule has 1 aliphatic heterocycles. The van der Waals surface area contributed by atoms with Crippen molar-refractivity contribution in [1.29, 1.82) is 0 Å². The Morgan fingerprint density at radius 3 is 1.92 bits per heavy atom. The number of aliphatic carboxylic acids is 1. The van der Waals surface area contributed by atoms with Gasteiger partial charge in [0.15, 0.2) is 0 Å². The summed E-state index contributed by atoms with van der Waals surface area (Å²) in [6, 6.07) is 19.8. The maximum atomic E-state index is 13.3. The molecule has 1 heterocycles. The number of carboxylic acid groups (broad SMARTS) is 1. The van der Waals surface area contributed by atoms with E-state index in [1.54, 1.807) is 4.90 Å². The van der Waals surface area contributed by atoms with Crippen molar-refractivity contribution in [3.8, 4) is 0 Å². The lowest BCUT2D eigenvalue weighted by Gasteiger charge is -2.28. The van der Waals surface area contributed by atoms with Gasteiger partial charge < -0.3 is 10.0 Å². The minimum Gasteiger partial charge on any atom is -0.481 e. The normalized spacial score (nSPS) is 19.7. The van der Waals surface area contributed by atoms with E-state index in [2.05, 4.69) is 0 Å². The molecule has 1 amide bonds. The molecule has 2 atom stereocenters. The Bertz CT molecular complexity index is 703. The van der Waals surface area contributed by atoms with Gasteiger partial charge in [-0.3, -0.25) is 9.59 Å². The van der Waals surface area contributed by atoms with Crippen LogP contribution in [0.25, 0.3) is 0 Å². The first-order chi connectivity index (χ1) is 12.6. The van der Waals surface area contributed by atoms with Crippen molar-refractivity contribution < 1.29 is 14.7 Å². The topological polar surface area (TPSA) is 57.6 Å². The number of benzene rings is 2. The van der Waals surface area contributed by atoms with E-state index in [0.29, 0.717) is 25.8 Å². The second kappa shape index (κ2) is 8.17. The fraction of sp³-hybridized carbons (Fsp3) is 0.364. The molecule has 1 aliphatic rings. The first-order valence-electron chi connectivity index (χ1n) is 9.17. The maximum absolute atomic E-state index is 13.3. The third kappa shape index (κ3) is 4.13. The quantitative estimate of drug-likeness (QED) is 0.868. The van der Waals surface area contributed by atoms with E-state index in [1.165, 1.54) is 0 Å². The predicted molar refractivity (Wildman–Crippen MR) is 101 cm³/mol. The third-order valence-electron chi connectivity index (χ3n) is 5.35. The predicted octanol–water partition coefficient (Wildman–Crippen LogP) is 3.41. The van der Waals surface area contributed by atoms with E-state index in [-0.39, 0.29) is 17.9 Å². The molecule has 1 saturated heterocycles. The first kappa shape index (κ1) is 18.2. The molecule has 0 aromatic heterocycles. The van der Waals surface area contributed by atoms with E-state index < -0.39 is 11.9 Å². The molecule has 136 valence electrons. The van der Waals surface area contributed by atoms with Crippen molar-refractivity contribution >= 4 is 11.9 Å². The second-order valence-electron chi connectivity index (χ2n) is 7.08. The number of amides is 1.